The van der Waals surface area contributed by atoms with E-state index in [9.17, 15) is 15.0 Å². The summed E-state index contributed by atoms with van der Waals surface area (Å²) in [6.45, 7) is 0.514. The molecule has 2 aliphatic rings. The average molecular weight is 447 g/mol. The number of pyridine rings is 1. The lowest BCUT2D eigenvalue weighted by Crippen LogP contribution is -2.44. The number of amides is 1. The van der Waals surface area contributed by atoms with Crippen molar-refractivity contribution in [3.05, 3.63) is 65.7 Å². The van der Waals surface area contributed by atoms with Crippen LogP contribution in [0.25, 0.3) is 22.5 Å². The van der Waals surface area contributed by atoms with Crippen LogP contribution in [0, 0.1) is 0 Å². The molecule has 0 bridgehead atoms. The fraction of sp³-hybridized carbons (Fsp3) is 0.320. The molecule has 1 amide bonds. The number of rotatable bonds is 4. The second-order valence-electron chi connectivity index (χ2n) is 8.48. The molecule has 8 nitrogen and oxygen atoms in total. The van der Waals surface area contributed by atoms with Gasteiger partial charge < -0.3 is 24.4 Å². The number of aryl methyl sites for hydroxylation is 1. The first-order valence-electron chi connectivity index (χ1n) is 11.0. The number of benzene rings is 1. The van der Waals surface area contributed by atoms with Crippen molar-refractivity contribution in [1.82, 2.24) is 9.88 Å². The maximum absolute atomic E-state index is 11.4. The monoisotopic (exact) mass is 447 g/mol. The molecule has 2 N–H and O–H groups in total. The molecule has 1 aliphatic carbocycles. The Balaban J connectivity index is 1.56. The van der Waals surface area contributed by atoms with Crippen molar-refractivity contribution >= 4 is 11.8 Å². The van der Waals surface area contributed by atoms with Gasteiger partial charge in [-0.15, -0.1) is 0 Å². The molecule has 0 unspecified atom stereocenters. The SMILES string of the molecule is CO/N=C1/CCc2cc(-c3cc(C4(O)CCN(C(=O)O)CC4)oc3-c3ccncc3)ccc21. The van der Waals surface area contributed by atoms with Gasteiger partial charge in [0, 0.05) is 55.0 Å². The number of aromatic nitrogens is 1. The predicted octanol–water partition coefficient (Wildman–Crippen LogP) is 4.27. The van der Waals surface area contributed by atoms with Crippen LogP contribution in [0.1, 0.15) is 36.1 Å². The summed E-state index contributed by atoms with van der Waals surface area (Å²) in [5.41, 5.74) is 4.74. The second kappa shape index (κ2) is 8.37. The number of hydrogen-bond donors (Lipinski definition) is 2. The molecule has 3 aromatic rings. The van der Waals surface area contributed by atoms with Gasteiger partial charge in [0.25, 0.3) is 0 Å². The van der Waals surface area contributed by atoms with E-state index >= 15 is 0 Å². The lowest BCUT2D eigenvalue weighted by Gasteiger charge is -2.35. The Bertz CT molecular complexity index is 1210. The minimum absolute atomic E-state index is 0.257. The first-order chi connectivity index (χ1) is 16.0. The number of oxime groups is 1. The van der Waals surface area contributed by atoms with Crippen LogP contribution in [0.5, 0.6) is 0 Å². The van der Waals surface area contributed by atoms with E-state index in [-0.39, 0.29) is 25.9 Å². The van der Waals surface area contributed by atoms with Gasteiger partial charge in [0.05, 0.1) is 5.71 Å². The zero-order chi connectivity index (χ0) is 23.0. The Morgan fingerprint density at radius 2 is 1.85 bits per heavy atom. The van der Waals surface area contributed by atoms with E-state index in [4.69, 9.17) is 9.25 Å². The third kappa shape index (κ3) is 3.87. The van der Waals surface area contributed by atoms with Crippen LogP contribution < -0.4 is 0 Å². The van der Waals surface area contributed by atoms with E-state index < -0.39 is 11.7 Å². The van der Waals surface area contributed by atoms with Gasteiger partial charge in [-0.2, -0.15) is 0 Å². The summed E-state index contributed by atoms with van der Waals surface area (Å²) in [7, 11) is 1.55. The molecule has 1 saturated heterocycles. The minimum Gasteiger partial charge on any atom is -0.465 e. The van der Waals surface area contributed by atoms with E-state index in [2.05, 4.69) is 22.3 Å². The van der Waals surface area contributed by atoms with Crippen LogP contribution in [0.2, 0.25) is 0 Å². The highest BCUT2D eigenvalue weighted by molar-refractivity contribution is 6.04. The fourth-order valence-electron chi connectivity index (χ4n) is 4.71. The van der Waals surface area contributed by atoms with Crippen molar-refractivity contribution in [2.75, 3.05) is 20.2 Å². The van der Waals surface area contributed by atoms with Crippen LogP contribution >= 0.6 is 0 Å². The van der Waals surface area contributed by atoms with Crippen LogP contribution in [0.4, 0.5) is 4.79 Å². The molecule has 3 heterocycles. The van der Waals surface area contributed by atoms with Crippen LogP contribution in [0.15, 0.2) is 58.4 Å². The molecular formula is C25H25N3O5. The van der Waals surface area contributed by atoms with Crippen LogP contribution in [0.3, 0.4) is 0 Å². The maximum atomic E-state index is 11.4. The van der Waals surface area contributed by atoms with Gasteiger partial charge in [-0.3, -0.25) is 4.98 Å². The van der Waals surface area contributed by atoms with Gasteiger partial charge in [-0.05, 0) is 42.2 Å². The summed E-state index contributed by atoms with van der Waals surface area (Å²) >= 11 is 0. The number of likely N-dealkylation sites (tertiary alicyclic amines) is 1. The molecule has 0 spiro atoms. The lowest BCUT2D eigenvalue weighted by molar-refractivity contribution is -0.0370. The first-order valence-corrected chi connectivity index (χ1v) is 11.0. The van der Waals surface area contributed by atoms with Gasteiger partial charge in [0.2, 0.25) is 0 Å². The molecule has 1 aliphatic heterocycles. The van der Waals surface area contributed by atoms with Gasteiger partial charge in [-0.25, -0.2) is 4.79 Å². The number of nitrogens with zero attached hydrogens (tertiary/aromatic N) is 3. The molecule has 0 saturated carbocycles. The Hall–Kier alpha value is -3.65. The quantitative estimate of drug-likeness (QED) is 0.579. The number of fused-ring (bicyclic) bond motifs is 1. The van der Waals surface area contributed by atoms with Crippen LogP contribution in [-0.4, -0.2) is 52.1 Å². The number of furan rings is 1. The van der Waals surface area contributed by atoms with E-state index in [1.807, 2.05) is 24.3 Å². The van der Waals surface area contributed by atoms with E-state index in [1.54, 1.807) is 19.5 Å². The van der Waals surface area contributed by atoms with E-state index in [0.717, 1.165) is 40.8 Å². The molecular weight excluding hydrogens is 422 g/mol. The second-order valence-corrected chi connectivity index (χ2v) is 8.48. The Kier molecular flexibility index (Phi) is 5.38. The third-order valence-electron chi connectivity index (χ3n) is 6.55. The lowest BCUT2D eigenvalue weighted by atomic mass is 9.88. The summed E-state index contributed by atoms with van der Waals surface area (Å²) in [5, 5.41) is 24.8. The number of piperidine rings is 1. The normalized spacial score (nSPS) is 18.4. The smallest absolute Gasteiger partial charge is 0.407 e. The van der Waals surface area contributed by atoms with Crippen molar-refractivity contribution in [3.63, 3.8) is 0 Å². The summed E-state index contributed by atoms with van der Waals surface area (Å²) in [6, 6.07) is 11.9. The molecule has 1 aromatic carbocycles. The number of hydrogen-bond acceptors (Lipinski definition) is 6. The largest absolute Gasteiger partial charge is 0.465 e. The maximum Gasteiger partial charge on any atom is 0.407 e. The number of aliphatic hydroxyl groups is 1. The van der Waals surface area contributed by atoms with Crippen LogP contribution in [-0.2, 0) is 16.9 Å². The highest BCUT2D eigenvalue weighted by Crippen LogP contribution is 2.42. The zero-order valence-electron chi connectivity index (χ0n) is 18.3. The van der Waals surface area contributed by atoms with Crippen molar-refractivity contribution in [2.24, 2.45) is 5.16 Å². The van der Waals surface area contributed by atoms with Crippen molar-refractivity contribution in [3.8, 4) is 22.5 Å². The summed E-state index contributed by atoms with van der Waals surface area (Å²) < 4.78 is 6.29. The molecule has 170 valence electrons. The van der Waals surface area contributed by atoms with Crippen molar-refractivity contribution in [2.45, 2.75) is 31.3 Å². The molecule has 1 fully saturated rings. The molecule has 33 heavy (non-hydrogen) atoms. The molecule has 2 aromatic heterocycles. The third-order valence-corrected chi connectivity index (χ3v) is 6.55. The molecule has 0 atom stereocenters. The minimum atomic E-state index is -1.22. The number of carbonyl (C=O) groups is 1. The van der Waals surface area contributed by atoms with E-state index in [1.165, 1.54) is 10.5 Å². The highest BCUT2D eigenvalue weighted by atomic mass is 16.6. The zero-order valence-corrected chi connectivity index (χ0v) is 18.3. The first kappa shape index (κ1) is 21.2. The molecule has 8 heteroatoms. The topological polar surface area (TPSA) is 108 Å². The molecule has 0 radical (unpaired) electrons. The standard InChI is InChI=1S/C25H25N3O5/c1-32-27-21-5-3-17-14-18(2-4-19(17)21)20-15-22(33-23(20)16-6-10-26-11-7-16)25(31)8-12-28(13-9-25)24(29)30/h2,4,6-7,10-11,14-15,31H,3,5,8-9,12-13H2,1H3,(H,29,30)/b27-21-. The van der Waals surface area contributed by atoms with Gasteiger partial charge in [0.1, 0.15) is 24.2 Å². The Morgan fingerprint density at radius 3 is 2.55 bits per heavy atom. The van der Waals surface area contributed by atoms with Gasteiger partial charge in [-0.1, -0.05) is 23.4 Å². The predicted molar refractivity (Wildman–Crippen MR) is 122 cm³/mol. The van der Waals surface area contributed by atoms with Gasteiger partial charge in [0.15, 0.2) is 0 Å². The molecule has 5 rings (SSSR count). The van der Waals surface area contributed by atoms with Crippen molar-refractivity contribution in [1.29, 1.82) is 0 Å². The van der Waals surface area contributed by atoms with Gasteiger partial charge >= 0.3 is 6.09 Å². The number of carboxylic acid groups (broad SMARTS) is 1. The summed E-state index contributed by atoms with van der Waals surface area (Å²) in [5.74, 6) is 1.11. The average Bonchev–Trinajstić information content (AvgIpc) is 3.45. The Morgan fingerprint density at radius 1 is 1.09 bits per heavy atom. The van der Waals surface area contributed by atoms with Crippen molar-refractivity contribution < 1.29 is 24.3 Å². The summed E-state index contributed by atoms with van der Waals surface area (Å²) in [4.78, 5) is 21.7. The Labute approximate surface area is 191 Å². The summed E-state index contributed by atoms with van der Waals surface area (Å²) in [6.07, 6.45) is 4.72. The van der Waals surface area contributed by atoms with E-state index in [0.29, 0.717) is 11.5 Å². The fourth-order valence-corrected chi connectivity index (χ4v) is 4.71. The highest BCUT2D eigenvalue weighted by Gasteiger charge is 2.39.